The summed E-state index contributed by atoms with van der Waals surface area (Å²) in [6.45, 7) is 2.72. The van der Waals surface area contributed by atoms with E-state index >= 15 is 0 Å². The predicted octanol–water partition coefficient (Wildman–Crippen LogP) is 2.99. The summed E-state index contributed by atoms with van der Waals surface area (Å²) >= 11 is 0. The molecular weight excluding hydrogens is 314 g/mol. The summed E-state index contributed by atoms with van der Waals surface area (Å²) in [7, 11) is 0. The molecule has 2 aromatic rings. The van der Waals surface area contributed by atoms with Gasteiger partial charge in [0, 0.05) is 25.2 Å². The fourth-order valence-electron chi connectivity index (χ4n) is 2.94. The molecule has 4 nitrogen and oxygen atoms in total. The molecule has 1 fully saturated rings. The maximum Gasteiger partial charge on any atom is 0.255 e. The number of carbonyl (C=O) groups excluding carboxylic acids is 1. The molecule has 0 aliphatic carbocycles. The number of anilines is 1. The average molecular weight is 332 g/mol. The van der Waals surface area contributed by atoms with Crippen molar-refractivity contribution in [3.8, 4) is 5.75 Å². The van der Waals surface area contributed by atoms with E-state index in [1.807, 2.05) is 0 Å². The van der Waals surface area contributed by atoms with Crippen LogP contribution in [0, 0.1) is 18.6 Å². The van der Waals surface area contributed by atoms with Gasteiger partial charge in [-0.1, -0.05) is 12.1 Å². The molecule has 2 N–H and O–H groups in total. The molecule has 0 bridgehead atoms. The minimum Gasteiger partial charge on any atom is -0.507 e. The van der Waals surface area contributed by atoms with Crippen molar-refractivity contribution < 1.29 is 18.7 Å². The van der Waals surface area contributed by atoms with Crippen LogP contribution in [0.3, 0.4) is 0 Å². The summed E-state index contributed by atoms with van der Waals surface area (Å²) in [6.07, 6.45) is 0.648. The average Bonchev–Trinajstić information content (AvgIpc) is 2.98. The molecule has 2 aromatic carbocycles. The van der Waals surface area contributed by atoms with Crippen LogP contribution in [-0.2, 0) is 0 Å². The van der Waals surface area contributed by atoms with Gasteiger partial charge in [-0.25, -0.2) is 8.78 Å². The number of phenols is 1. The molecule has 24 heavy (non-hydrogen) atoms. The minimum absolute atomic E-state index is 0.0329. The number of nitrogens with zero attached hydrogens (tertiary/aromatic N) is 1. The van der Waals surface area contributed by atoms with Crippen molar-refractivity contribution in [1.82, 2.24) is 5.32 Å². The zero-order chi connectivity index (χ0) is 17.3. The predicted molar refractivity (Wildman–Crippen MR) is 87.3 cm³/mol. The van der Waals surface area contributed by atoms with Gasteiger partial charge in [0.2, 0.25) is 0 Å². The normalized spacial score (nSPS) is 17.1. The monoisotopic (exact) mass is 332 g/mol. The third-order valence-corrected chi connectivity index (χ3v) is 4.26. The highest BCUT2D eigenvalue weighted by molar-refractivity contribution is 5.97. The van der Waals surface area contributed by atoms with E-state index in [-0.39, 0.29) is 23.3 Å². The van der Waals surface area contributed by atoms with Crippen molar-refractivity contribution in [2.24, 2.45) is 0 Å². The van der Waals surface area contributed by atoms with E-state index in [9.17, 15) is 18.7 Å². The summed E-state index contributed by atoms with van der Waals surface area (Å²) in [6, 6.07) is 8.30. The lowest BCUT2D eigenvalue weighted by Gasteiger charge is -2.20. The van der Waals surface area contributed by atoms with Crippen molar-refractivity contribution in [3.05, 3.63) is 59.2 Å². The van der Waals surface area contributed by atoms with E-state index in [0.717, 1.165) is 6.07 Å². The fourth-order valence-corrected chi connectivity index (χ4v) is 2.94. The zero-order valence-electron chi connectivity index (χ0n) is 13.2. The molecule has 0 radical (unpaired) electrons. The van der Waals surface area contributed by atoms with Gasteiger partial charge in [-0.15, -0.1) is 0 Å². The topological polar surface area (TPSA) is 52.6 Å². The summed E-state index contributed by atoms with van der Waals surface area (Å²) in [5.41, 5.74) is 1.18. The first-order valence-electron chi connectivity index (χ1n) is 7.75. The molecule has 3 rings (SSSR count). The second-order valence-electron chi connectivity index (χ2n) is 5.97. The number of hydrogen-bond acceptors (Lipinski definition) is 3. The Morgan fingerprint density at radius 1 is 1.29 bits per heavy atom. The number of aromatic hydroxyl groups is 1. The van der Waals surface area contributed by atoms with Gasteiger partial charge < -0.3 is 15.3 Å². The highest BCUT2D eigenvalue weighted by atomic mass is 19.1. The summed E-state index contributed by atoms with van der Waals surface area (Å²) in [5, 5.41) is 12.8. The highest BCUT2D eigenvalue weighted by Gasteiger charge is 2.27. The minimum atomic E-state index is -0.616. The van der Waals surface area contributed by atoms with E-state index in [2.05, 4.69) is 5.32 Å². The maximum atomic E-state index is 13.9. The van der Waals surface area contributed by atoms with Crippen molar-refractivity contribution >= 4 is 11.6 Å². The highest BCUT2D eigenvalue weighted by Crippen LogP contribution is 2.25. The van der Waals surface area contributed by atoms with Crippen molar-refractivity contribution in [3.63, 3.8) is 0 Å². The second kappa shape index (κ2) is 6.47. The van der Waals surface area contributed by atoms with Crippen LogP contribution in [0.5, 0.6) is 5.75 Å². The van der Waals surface area contributed by atoms with Crippen molar-refractivity contribution in [2.45, 2.75) is 19.4 Å². The molecular formula is C18H18F2N2O2. The SMILES string of the molecule is Cc1cccc(C(=O)NC2CCN(c3ccc(F)cc3F)C2)c1O. The van der Waals surface area contributed by atoms with E-state index < -0.39 is 11.6 Å². The Kier molecular flexibility index (Phi) is 4.38. The van der Waals surface area contributed by atoms with Crippen LogP contribution < -0.4 is 10.2 Å². The van der Waals surface area contributed by atoms with Gasteiger partial charge in [0.1, 0.15) is 17.4 Å². The molecule has 1 saturated heterocycles. The van der Waals surface area contributed by atoms with Crippen molar-refractivity contribution in [1.29, 1.82) is 0 Å². The molecule has 1 aliphatic rings. The van der Waals surface area contributed by atoms with Gasteiger partial charge in [-0.05, 0) is 37.1 Å². The molecule has 1 amide bonds. The second-order valence-corrected chi connectivity index (χ2v) is 5.97. The number of hydrogen-bond donors (Lipinski definition) is 2. The molecule has 0 aromatic heterocycles. The lowest BCUT2D eigenvalue weighted by atomic mass is 10.1. The van der Waals surface area contributed by atoms with Gasteiger partial charge in [0.15, 0.2) is 0 Å². The summed E-state index contributed by atoms with van der Waals surface area (Å²) in [5.74, 6) is -1.62. The Morgan fingerprint density at radius 2 is 2.08 bits per heavy atom. The molecule has 1 aliphatic heterocycles. The van der Waals surface area contributed by atoms with E-state index in [0.29, 0.717) is 30.8 Å². The maximum absolute atomic E-state index is 13.9. The molecule has 1 atom stereocenters. The number of para-hydroxylation sites is 1. The number of amides is 1. The standard InChI is InChI=1S/C18H18F2N2O2/c1-11-3-2-4-14(17(11)23)18(24)21-13-7-8-22(10-13)16-6-5-12(19)9-15(16)20/h2-6,9,13,23H,7-8,10H2,1H3,(H,21,24). The van der Waals surface area contributed by atoms with E-state index in [1.165, 1.54) is 12.1 Å². The zero-order valence-corrected chi connectivity index (χ0v) is 13.2. The molecule has 0 saturated carbocycles. The first kappa shape index (κ1) is 16.2. The van der Waals surface area contributed by atoms with Gasteiger partial charge in [0.25, 0.3) is 5.91 Å². The number of rotatable bonds is 3. The number of phenolic OH excluding ortho intramolecular Hbond substituents is 1. The quantitative estimate of drug-likeness (QED) is 0.908. The lowest BCUT2D eigenvalue weighted by molar-refractivity contribution is 0.0937. The van der Waals surface area contributed by atoms with Crippen LogP contribution in [0.1, 0.15) is 22.3 Å². The largest absolute Gasteiger partial charge is 0.507 e. The van der Waals surface area contributed by atoms with Gasteiger partial charge in [-0.2, -0.15) is 0 Å². The Balaban J connectivity index is 1.68. The number of aryl methyl sites for hydroxylation is 1. The third-order valence-electron chi connectivity index (χ3n) is 4.26. The Bertz CT molecular complexity index is 780. The number of benzene rings is 2. The van der Waals surface area contributed by atoms with Gasteiger partial charge in [0.05, 0.1) is 11.3 Å². The van der Waals surface area contributed by atoms with Crippen LogP contribution in [0.4, 0.5) is 14.5 Å². The number of nitrogens with one attached hydrogen (secondary N) is 1. The Labute approximate surface area is 138 Å². The first-order chi connectivity index (χ1) is 11.5. The fraction of sp³-hybridized carbons (Fsp3) is 0.278. The molecule has 1 unspecified atom stereocenters. The third kappa shape index (κ3) is 3.18. The van der Waals surface area contributed by atoms with E-state index in [1.54, 1.807) is 30.0 Å². The molecule has 6 heteroatoms. The van der Waals surface area contributed by atoms with Crippen LogP contribution >= 0.6 is 0 Å². The first-order valence-corrected chi connectivity index (χ1v) is 7.75. The molecule has 0 spiro atoms. The van der Waals surface area contributed by atoms with Crippen LogP contribution in [0.2, 0.25) is 0 Å². The van der Waals surface area contributed by atoms with Crippen LogP contribution in [0.25, 0.3) is 0 Å². The van der Waals surface area contributed by atoms with Crippen LogP contribution in [0.15, 0.2) is 36.4 Å². The van der Waals surface area contributed by atoms with Gasteiger partial charge in [-0.3, -0.25) is 4.79 Å². The van der Waals surface area contributed by atoms with Crippen LogP contribution in [-0.4, -0.2) is 30.1 Å². The Morgan fingerprint density at radius 3 is 2.83 bits per heavy atom. The lowest BCUT2D eigenvalue weighted by Crippen LogP contribution is -2.37. The van der Waals surface area contributed by atoms with E-state index in [4.69, 9.17) is 0 Å². The molecule has 1 heterocycles. The Hall–Kier alpha value is -2.63. The van der Waals surface area contributed by atoms with Gasteiger partial charge >= 0.3 is 0 Å². The summed E-state index contributed by atoms with van der Waals surface area (Å²) < 4.78 is 26.9. The molecule has 126 valence electrons. The number of halogens is 2. The van der Waals surface area contributed by atoms with Crippen molar-refractivity contribution in [2.75, 3.05) is 18.0 Å². The smallest absolute Gasteiger partial charge is 0.255 e. The number of carbonyl (C=O) groups is 1. The summed E-state index contributed by atoms with van der Waals surface area (Å²) in [4.78, 5) is 14.1.